The molecule has 1 heterocycles. The van der Waals surface area contributed by atoms with Gasteiger partial charge in [-0.05, 0) is 23.4 Å². The van der Waals surface area contributed by atoms with E-state index in [1.807, 2.05) is 18.2 Å². The summed E-state index contributed by atoms with van der Waals surface area (Å²) in [5.41, 5.74) is 1.13. The Morgan fingerprint density at radius 1 is 1.24 bits per heavy atom. The minimum atomic E-state index is 0.301. The number of terminal acetylenes is 1. The van der Waals surface area contributed by atoms with Gasteiger partial charge in [0, 0.05) is 23.0 Å². The molecular weight excluding hydrogens is 278 g/mol. The van der Waals surface area contributed by atoms with Gasteiger partial charge in [0.15, 0.2) is 0 Å². The largest absolute Gasteiger partial charge is 0.481 e. The molecule has 1 aromatic carbocycles. The van der Waals surface area contributed by atoms with Gasteiger partial charge in [0.05, 0.1) is 0 Å². The lowest BCUT2D eigenvalue weighted by molar-refractivity contribution is 0.359. The Balaban J connectivity index is 2.06. The van der Waals surface area contributed by atoms with Gasteiger partial charge in [-0.3, -0.25) is 0 Å². The molecule has 0 aliphatic carbocycles. The minimum absolute atomic E-state index is 0.301. The highest BCUT2D eigenvalue weighted by atomic mass is 32.1. The smallest absolute Gasteiger partial charge is 0.148 e. The van der Waals surface area contributed by atoms with Crippen molar-refractivity contribution >= 4 is 11.3 Å². The van der Waals surface area contributed by atoms with Crippen LogP contribution in [0.4, 0.5) is 0 Å². The van der Waals surface area contributed by atoms with Gasteiger partial charge in [-0.25, -0.2) is 0 Å². The summed E-state index contributed by atoms with van der Waals surface area (Å²) in [4.78, 5) is 1.37. The van der Waals surface area contributed by atoms with Crippen LogP contribution in [0.1, 0.15) is 30.3 Å². The van der Waals surface area contributed by atoms with Crippen molar-refractivity contribution in [3.05, 3.63) is 52.2 Å². The number of thiophene rings is 1. The van der Waals surface area contributed by atoms with Gasteiger partial charge in [-0.1, -0.05) is 44.0 Å². The molecule has 2 aromatic rings. The number of hydrogen-bond donors (Lipinski definition) is 1. The van der Waals surface area contributed by atoms with E-state index in [4.69, 9.17) is 11.2 Å². The van der Waals surface area contributed by atoms with Crippen LogP contribution < -0.4 is 10.1 Å². The van der Waals surface area contributed by atoms with Gasteiger partial charge in [-0.2, -0.15) is 0 Å². The molecule has 1 aromatic heterocycles. The maximum atomic E-state index is 5.60. The number of hydrogen-bond acceptors (Lipinski definition) is 3. The zero-order valence-electron chi connectivity index (χ0n) is 12.5. The third kappa shape index (κ3) is 4.35. The van der Waals surface area contributed by atoms with Crippen LogP contribution in [0.5, 0.6) is 5.75 Å². The fourth-order valence-electron chi connectivity index (χ4n) is 2.26. The predicted octanol–water partition coefficient (Wildman–Crippen LogP) is 4.25. The van der Waals surface area contributed by atoms with Crippen molar-refractivity contribution in [2.24, 2.45) is 5.92 Å². The topological polar surface area (TPSA) is 21.3 Å². The number of nitrogens with one attached hydrogen (secondary N) is 1. The zero-order chi connectivity index (χ0) is 15.1. The average Bonchev–Trinajstić information content (AvgIpc) is 3.00. The molecule has 3 heteroatoms. The Morgan fingerprint density at radius 3 is 2.71 bits per heavy atom. The molecule has 0 spiro atoms. The summed E-state index contributed by atoms with van der Waals surface area (Å²) in [6.07, 6.45) is 5.26. The van der Waals surface area contributed by atoms with E-state index in [-0.39, 0.29) is 0 Å². The van der Waals surface area contributed by atoms with Crippen LogP contribution in [0.3, 0.4) is 0 Å². The molecule has 0 bridgehead atoms. The number of rotatable bonds is 7. The summed E-state index contributed by atoms with van der Waals surface area (Å²) in [7, 11) is 0. The van der Waals surface area contributed by atoms with Crippen LogP contribution in [0.25, 0.3) is 0 Å². The fourth-order valence-corrected chi connectivity index (χ4v) is 3.24. The second kappa shape index (κ2) is 7.87. The monoisotopic (exact) mass is 299 g/mol. The SMILES string of the molecule is C#CCOc1ccccc1CNC(c1cccs1)C(C)C. The van der Waals surface area contributed by atoms with Crippen molar-refractivity contribution in [3.8, 4) is 18.1 Å². The lowest BCUT2D eigenvalue weighted by atomic mass is 10.0. The highest BCUT2D eigenvalue weighted by Gasteiger charge is 2.16. The van der Waals surface area contributed by atoms with Gasteiger partial charge in [0.2, 0.25) is 0 Å². The molecule has 0 amide bonds. The fraction of sp³-hybridized carbons (Fsp3) is 0.333. The molecule has 0 fully saturated rings. The van der Waals surface area contributed by atoms with E-state index in [2.05, 4.69) is 48.7 Å². The Kier molecular flexibility index (Phi) is 5.86. The van der Waals surface area contributed by atoms with Crippen LogP contribution >= 0.6 is 11.3 Å². The lowest BCUT2D eigenvalue weighted by Gasteiger charge is -2.22. The van der Waals surface area contributed by atoms with E-state index < -0.39 is 0 Å². The Morgan fingerprint density at radius 2 is 2.05 bits per heavy atom. The van der Waals surface area contributed by atoms with Crippen LogP contribution in [-0.2, 0) is 6.54 Å². The van der Waals surface area contributed by atoms with E-state index in [1.165, 1.54) is 4.88 Å². The first-order chi connectivity index (χ1) is 10.2. The molecule has 0 saturated heterocycles. The lowest BCUT2D eigenvalue weighted by Crippen LogP contribution is -2.24. The van der Waals surface area contributed by atoms with Crippen molar-refractivity contribution in [1.29, 1.82) is 0 Å². The first kappa shape index (κ1) is 15.6. The minimum Gasteiger partial charge on any atom is -0.481 e. The summed E-state index contributed by atoms with van der Waals surface area (Å²) < 4.78 is 5.60. The summed E-state index contributed by atoms with van der Waals surface area (Å²) in [6.45, 7) is 5.54. The molecule has 0 aliphatic rings. The molecule has 110 valence electrons. The molecule has 1 N–H and O–H groups in total. The van der Waals surface area contributed by atoms with Gasteiger partial charge in [-0.15, -0.1) is 17.8 Å². The molecule has 0 saturated carbocycles. The summed E-state index contributed by atoms with van der Waals surface area (Å²) in [6, 6.07) is 12.7. The number of benzene rings is 1. The standard InChI is InChI=1S/C18H21NOS/c1-4-11-20-16-9-6-5-8-15(16)13-19-18(14(2)3)17-10-7-12-21-17/h1,5-10,12,14,18-19H,11,13H2,2-3H3. The Bertz CT molecular complexity index is 584. The summed E-state index contributed by atoms with van der Waals surface area (Å²) in [5.74, 6) is 3.90. The number of ether oxygens (including phenoxy) is 1. The van der Waals surface area contributed by atoms with Crippen molar-refractivity contribution in [2.75, 3.05) is 6.61 Å². The first-order valence-corrected chi connectivity index (χ1v) is 8.01. The molecule has 0 aliphatic heterocycles. The van der Waals surface area contributed by atoms with Gasteiger partial charge in [0.25, 0.3) is 0 Å². The van der Waals surface area contributed by atoms with Gasteiger partial charge < -0.3 is 10.1 Å². The second-order valence-electron chi connectivity index (χ2n) is 5.22. The highest BCUT2D eigenvalue weighted by molar-refractivity contribution is 7.10. The molecule has 2 nitrogen and oxygen atoms in total. The van der Waals surface area contributed by atoms with Crippen LogP contribution in [-0.4, -0.2) is 6.61 Å². The zero-order valence-corrected chi connectivity index (χ0v) is 13.3. The molecular formula is C18H21NOS. The molecule has 21 heavy (non-hydrogen) atoms. The Hall–Kier alpha value is -1.76. The van der Waals surface area contributed by atoms with Crippen LogP contribution in [0, 0.1) is 18.3 Å². The molecule has 0 radical (unpaired) electrons. The van der Waals surface area contributed by atoms with Crippen molar-refractivity contribution < 1.29 is 4.74 Å². The molecule has 1 atom stereocenters. The van der Waals surface area contributed by atoms with E-state index in [1.54, 1.807) is 11.3 Å². The highest BCUT2D eigenvalue weighted by Crippen LogP contribution is 2.27. The van der Waals surface area contributed by atoms with Crippen molar-refractivity contribution in [2.45, 2.75) is 26.4 Å². The maximum Gasteiger partial charge on any atom is 0.148 e. The van der Waals surface area contributed by atoms with Crippen LogP contribution in [0.2, 0.25) is 0 Å². The van der Waals surface area contributed by atoms with E-state index in [9.17, 15) is 0 Å². The maximum absolute atomic E-state index is 5.60. The third-order valence-corrected chi connectivity index (χ3v) is 4.27. The number of para-hydroxylation sites is 1. The quantitative estimate of drug-likeness (QED) is 0.772. The molecule has 1 unspecified atom stereocenters. The third-order valence-electron chi connectivity index (χ3n) is 3.31. The van der Waals surface area contributed by atoms with E-state index in [0.29, 0.717) is 18.6 Å². The van der Waals surface area contributed by atoms with E-state index >= 15 is 0 Å². The average molecular weight is 299 g/mol. The summed E-state index contributed by atoms with van der Waals surface area (Å²) in [5, 5.41) is 5.75. The summed E-state index contributed by atoms with van der Waals surface area (Å²) >= 11 is 1.79. The molecule has 2 rings (SSSR count). The van der Waals surface area contributed by atoms with E-state index in [0.717, 1.165) is 17.9 Å². The predicted molar refractivity (Wildman–Crippen MR) is 89.5 cm³/mol. The Labute approximate surface area is 131 Å². The van der Waals surface area contributed by atoms with Gasteiger partial charge >= 0.3 is 0 Å². The normalized spacial score (nSPS) is 12.1. The van der Waals surface area contributed by atoms with Crippen LogP contribution in [0.15, 0.2) is 41.8 Å². The first-order valence-electron chi connectivity index (χ1n) is 7.13. The van der Waals surface area contributed by atoms with Crippen molar-refractivity contribution in [1.82, 2.24) is 5.32 Å². The van der Waals surface area contributed by atoms with Crippen molar-refractivity contribution in [3.63, 3.8) is 0 Å². The van der Waals surface area contributed by atoms with Gasteiger partial charge in [0.1, 0.15) is 12.4 Å². The second-order valence-corrected chi connectivity index (χ2v) is 6.20.